The molecule has 0 fully saturated rings. The van der Waals surface area contributed by atoms with Gasteiger partial charge in [-0.3, -0.25) is 4.79 Å². The number of nitrogens with zero attached hydrogens (tertiary/aromatic N) is 1. The van der Waals surface area contributed by atoms with Crippen molar-refractivity contribution < 1.29 is 19.0 Å². The number of ether oxygens (including phenoxy) is 3. The third kappa shape index (κ3) is 4.57. The van der Waals surface area contributed by atoms with Crippen LogP contribution in [-0.2, 0) is 0 Å². The molecule has 2 aromatic carbocycles. The van der Waals surface area contributed by atoms with Crippen molar-refractivity contribution >= 4 is 23.1 Å². The van der Waals surface area contributed by atoms with Crippen LogP contribution in [0.25, 0.3) is 0 Å². The van der Waals surface area contributed by atoms with Crippen molar-refractivity contribution in [3.63, 3.8) is 0 Å². The molecule has 7 nitrogen and oxygen atoms in total. The highest BCUT2D eigenvalue weighted by Gasteiger charge is 2.12. The smallest absolute Gasteiger partial charge is 0.257 e. The van der Waals surface area contributed by atoms with Gasteiger partial charge in [0.25, 0.3) is 5.91 Å². The lowest BCUT2D eigenvalue weighted by Gasteiger charge is -2.19. The molecule has 7 heteroatoms. The average molecular weight is 391 g/mol. The number of fused-ring (bicyclic) bond motifs is 1. The number of rotatable bonds is 6. The van der Waals surface area contributed by atoms with Gasteiger partial charge in [-0.25, -0.2) is 4.98 Å². The molecule has 0 aliphatic carbocycles. The largest absolute Gasteiger partial charge is 0.494 e. The van der Waals surface area contributed by atoms with Crippen molar-refractivity contribution in [2.75, 3.05) is 30.5 Å². The van der Waals surface area contributed by atoms with Gasteiger partial charge in [0.15, 0.2) is 11.5 Å². The number of aromatic nitrogens is 1. The Kier molecular flexibility index (Phi) is 5.47. The monoisotopic (exact) mass is 391 g/mol. The number of carbonyl (C=O) groups excluding carboxylic acids is 1. The topological polar surface area (TPSA) is 81.7 Å². The van der Waals surface area contributed by atoms with Crippen molar-refractivity contribution in [1.29, 1.82) is 0 Å². The third-order valence-electron chi connectivity index (χ3n) is 4.26. The Morgan fingerprint density at radius 3 is 2.48 bits per heavy atom. The highest BCUT2D eigenvalue weighted by Crippen LogP contribution is 2.33. The first kappa shape index (κ1) is 18.6. The molecule has 0 radical (unpaired) electrons. The summed E-state index contributed by atoms with van der Waals surface area (Å²) in [5.41, 5.74) is 1.98. The summed E-state index contributed by atoms with van der Waals surface area (Å²) in [6.45, 7) is 3.62. The molecule has 0 saturated carbocycles. The van der Waals surface area contributed by atoms with Crippen LogP contribution in [0.4, 0.5) is 17.2 Å². The second-order valence-corrected chi connectivity index (χ2v) is 6.33. The number of pyridine rings is 1. The van der Waals surface area contributed by atoms with E-state index in [2.05, 4.69) is 15.6 Å². The zero-order valence-electron chi connectivity index (χ0n) is 16.0. The Hall–Kier alpha value is -3.74. The number of nitrogens with one attached hydrogen (secondary N) is 2. The van der Waals surface area contributed by atoms with Crippen LogP contribution in [0, 0.1) is 0 Å². The van der Waals surface area contributed by atoms with Gasteiger partial charge in [0.1, 0.15) is 24.8 Å². The maximum absolute atomic E-state index is 12.4. The molecule has 148 valence electrons. The first-order valence-corrected chi connectivity index (χ1v) is 9.38. The molecule has 4 rings (SSSR count). The fraction of sp³-hybridized carbons (Fsp3) is 0.182. The Bertz CT molecular complexity index is 988. The minimum Gasteiger partial charge on any atom is -0.494 e. The molecule has 29 heavy (non-hydrogen) atoms. The summed E-state index contributed by atoms with van der Waals surface area (Å²) >= 11 is 0. The number of anilines is 3. The van der Waals surface area contributed by atoms with Gasteiger partial charge in [0, 0.05) is 23.6 Å². The van der Waals surface area contributed by atoms with E-state index in [0.29, 0.717) is 42.6 Å². The number of benzene rings is 2. The Labute approximate surface area is 168 Å². The molecule has 3 aromatic rings. The standard InChI is InChI=1S/C22H21N3O4/c1-2-27-18-7-4-16(5-8-18)25-22(26)15-3-10-21(23-14-15)24-17-6-9-19-20(13-17)29-12-11-28-19/h3-10,13-14H,2,11-12H2,1H3,(H,23,24)(H,25,26). The summed E-state index contributed by atoms with van der Waals surface area (Å²) in [5.74, 6) is 2.59. The first-order valence-electron chi connectivity index (χ1n) is 9.38. The maximum Gasteiger partial charge on any atom is 0.257 e. The molecule has 0 spiro atoms. The van der Waals surface area contributed by atoms with Crippen molar-refractivity contribution in [3.8, 4) is 17.2 Å². The molecule has 0 unspecified atom stereocenters. The molecule has 0 atom stereocenters. The van der Waals surface area contributed by atoms with Crippen molar-refractivity contribution in [2.24, 2.45) is 0 Å². The molecule has 2 heterocycles. The van der Waals surface area contributed by atoms with Crippen LogP contribution in [-0.4, -0.2) is 30.7 Å². The maximum atomic E-state index is 12.4. The van der Waals surface area contributed by atoms with E-state index < -0.39 is 0 Å². The SMILES string of the molecule is CCOc1ccc(NC(=O)c2ccc(Nc3ccc4c(c3)OCCO4)nc2)cc1. The van der Waals surface area contributed by atoms with Crippen LogP contribution in [0.3, 0.4) is 0 Å². The van der Waals surface area contributed by atoms with Gasteiger partial charge < -0.3 is 24.8 Å². The van der Waals surface area contributed by atoms with Gasteiger partial charge in [0.05, 0.1) is 12.2 Å². The van der Waals surface area contributed by atoms with E-state index in [-0.39, 0.29) is 5.91 Å². The predicted octanol–water partition coefficient (Wildman–Crippen LogP) is 4.25. The third-order valence-corrected chi connectivity index (χ3v) is 4.26. The molecule has 0 saturated heterocycles. The van der Waals surface area contributed by atoms with E-state index in [0.717, 1.165) is 17.2 Å². The fourth-order valence-corrected chi connectivity index (χ4v) is 2.88. The summed E-state index contributed by atoms with van der Waals surface area (Å²) in [6.07, 6.45) is 1.53. The van der Waals surface area contributed by atoms with Crippen LogP contribution in [0.1, 0.15) is 17.3 Å². The van der Waals surface area contributed by atoms with Crippen molar-refractivity contribution in [3.05, 3.63) is 66.4 Å². The van der Waals surface area contributed by atoms with Gasteiger partial charge >= 0.3 is 0 Å². The minimum absolute atomic E-state index is 0.229. The summed E-state index contributed by atoms with van der Waals surface area (Å²) in [6, 6.07) is 16.3. The zero-order chi connectivity index (χ0) is 20.1. The quantitative estimate of drug-likeness (QED) is 0.654. The number of hydrogen-bond acceptors (Lipinski definition) is 6. The van der Waals surface area contributed by atoms with E-state index in [4.69, 9.17) is 14.2 Å². The van der Waals surface area contributed by atoms with Gasteiger partial charge in [-0.05, 0) is 55.5 Å². The Morgan fingerprint density at radius 1 is 1.00 bits per heavy atom. The lowest BCUT2D eigenvalue weighted by molar-refractivity contribution is 0.102. The van der Waals surface area contributed by atoms with E-state index in [1.807, 2.05) is 37.3 Å². The first-order chi connectivity index (χ1) is 14.2. The van der Waals surface area contributed by atoms with Crippen molar-refractivity contribution in [2.45, 2.75) is 6.92 Å². The summed E-state index contributed by atoms with van der Waals surface area (Å²) in [7, 11) is 0. The summed E-state index contributed by atoms with van der Waals surface area (Å²) in [4.78, 5) is 16.7. The van der Waals surface area contributed by atoms with Crippen LogP contribution >= 0.6 is 0 Å². The van der Waals surface area contributed by atoms with Gasteiger partial charge in [-0.15, -0.1) is 0 Å². The second-order valence-electron chi connectivity index (χ2n) is 6.33. The van der Waals surface area contributed by atoms with E-state index >= 15 is 0 Å². The molecule has 2 N–H and O–H groups in total. The molecule has 1 aliphatic heterocycles. The average Bonchev–Trinajstić information content (AvgIpc) is 2.76. The normalized spacial score (nSPS) is 12.2. The van der Waals surface area contributed by atoms with Crippen LogP contribution < -0.4 is 24.8 Å². The lowest BCUT2D eigenvalue weighted by Crippen LogP contribution is -2.15. The Balaban J connectivity index is 1.39. The van der Waals surface area contributed by atoms with E-state index in [1.165, 1.54) is 6.20 Å². The molecular weight excluding hydrogens is 370 g/mol. The highest BCUT2D eigenvalue weighted by atomic mass is 16.6. The van der Waals surface area contributed by atoms with Crippen LogP contribution in [0.15, 0.2) is 60.8 Å². The van der Waals surface area contributed by atoms with Gasteiger partial charge in [0.2, 0.25) is 0 Å². The number of amides is 1. The van der Waals surface area contributed by atoms with Gasteiger partial charge in [-0.1, -0.05) is 0 Å². The van der Waals surface area contributed by atoms with Crippen LogP contribution in [0.2, 0.25) is 0 Å². The molecule has 1 aromatic heterocycles. The van der Waals surface area contributed by atoms with E-state index in [9.17, 15) is 4.79 Å². The molecule has 1 amide bonds. The molecule has 1 aliphatic rings. The highest BCUT2D eigenvalue weighted by molar-refractivity contribution is 6.04. The fourth-order valence-electron chi connectivity index (χ4n) is 2.88. The van der Waals surface area contributed by atoms with E-state index in [1.54, 1.807) is 24.3 Å². The zero-order valence-corrected chi connectivity index (χ0v) is 16.0. The lowest BCUT2D eigenvalue weighted by atomic mass is 10.2. The second kappa shape index (κ2) is 8.52. The minimum atomic E-state index is -0.229. The number of carbonyl (C=O) groups is 1. The van der Waals surface area contributed by atoms with Crippen LogP contribution in [0.5, 0.6) is 17.2 Å². The summed E-state index contributed by atoms with van der Waals surface area (Å²) < 4.78 is 16.5. The molecular formula is C22H21N3O4. The summed E-state index contributed by atoms with van der Waals surface area (Å²) in [5, 5.41) is 6.04. The Morgan fingerprint density at radius 2 is 1.76 bits per heavy atom. The predicted molar refractivity (Wildman–Crippen MR) is 111 cm³/mol. The molecule has 0 bridgehead atoms. The van der Waals surface area contributed by atoms with Gasteiger partial charge in [-0.2, -0.15) is 0 Å². The number of hydrogen-bond donors (Lipinski definition) is 2. The van der Waals surface area contributed by atoms with Crippen molar-refractivity contribution in [1.82, 2.24) is 4.98 Å².